The summed E-state index contributed by atoms with van der Waals surface area (Å²) < 4.78 is 11.8. The van der Waals surface area contributed by atoms with E-state index < -0.39 is 23.6 Å². The highest BCUT2D eigenvalue weighted by Crippen LogP contribution is 2.48. The summed E-state index contributed by atoms with van der Waals surface area (Å²) in [7, 11) is 0. The topological polar surface area (TPSA) is 105 Å². The van der Waals surface area contributed by atoms with Crippen LogP contribution in [0.1, 0.15) is 25.7 Å². The monoisotopic (exact) mass is 285 g/mol. The Kier molecular flexibility index (Phi) is 3.43. The van der Waals surface area contributed by atoms with Gasteiger partial charge >= 0.3 is 11.9 Å². The smallest absolute Gasteiger partial charge is 0.323 e. The molecule has 3 aliphatic rings. The first-order chi connectivity index (χ1) is 9.54. The van der Waals surface area contributed by atoms with Gasteiger partial charge in [-0.05, 0) is 19.3 Å². The molecule has 0 unspecified atom stereocenters. The van der Waals surface area contributed by atoms with Crippen LogP contribution in [0.15, 0.2) is 0 Å². The predicted octanol–water partition coefficient (Wildman–Crippen LogP) is -0.160. The Hall–Kier alpha value is -1.18. The van der Waals surface area contributed by atoms with Crippen molar-refractivity contribution in [2.75, 3.05) is 13.2 Å². The summed E-state index contributed by atoms with van der Waals surface area (Å²) in [6.07, 6.45) is 2.03. The fourth-order valence-electron chi connectivity index (χ4n) is 3.88. The van der Waals surface area contributed by atoms with Gasteiger partial charge in [-0.15, -0.1) is 0 Å². The molecule has 7 nitrogen and oxygen atoms in total. The Bertz CT molecular complexity index is 427. The first-order valence-corrected chi connectivity index (χ1v) is 7.02. The molecular formula is C13H19NO6. The van der Waals surface area contributed by atoms with Gasteiger partial charge in [-0.2, -0.15) is 0 Å². The van der Waals surface area contributed by atoms with Crippen LogP contribution in [0.4, 0.5) is 0 Å². The molecule has 0 aliphatic carbocycles. The molecule has 0 aromatic rings. The van der Waals surface area contributed by atoms with E-state index in [1.54, 1.807) is 0 Å². The summed E-state index contributed by atoms with van der Waals surface area (Å²) in [5, 5.41) is 21.4. The van der Waals surface area contributed by atoms with Crippen molar-refractivity contribution in [2.45, 2.75) is 49.5 Å². The van der Waals surface area contributed by atoms with Crippen LogP contribution in [0, 0.1) is 5.92 Å². The molecule has 3 fully saturated rings. The number of aliphatic carboxylic acids is 2. The maximum atomic E-state index is 11.4. The highest BCUT2D eigenvalue weighted by atomic mass is 16.6. The van der Waals surface area contributed by atoms with E-state index in [1.807, 2.05) is 0 Å². The average molecular weight is 285 g/mol. The molecule has 0 aromatic heterocycles. The van der Waals surface area contributed by atoms with Crippen LogP contribution in [0.25, 0.3) is 0 Å². The molecule has 0 saturated carbocycles. The lowest BCUT2D eigenvalue weighted by Crippen LogP contribution is -2.52. The molecule has 3 saturated heterocycles. The van der Waals surface area contributed by atoms with Gasteiger partial charge in [-0.3, -0.25) is 9.59 Å². The molecule has 112 valence electrons. The normalized spacial score (nSPS) is 43.6. The summed E-state index contributed by atoms with van der Waals surface area (Å²) in [5.74, 6) is -2.32. The number of ether oxygens (including phenoxy) is 2. The van der Waals surface area contributed by atoms with Crippen LogP contribution in [0.3, 0.4) is 0 Å². The molecule has 3 aliphatic heterocycles. The van der Waals surface area contributed by atoms with E-state index in [9.17, 15) is 14.7 Å². The van der Waals surface area contributed by atoms with E-state index in [4.69, 9.17) is 14.6 Å². The lowest BCUT2D eigenvalue weighted by molar-refractivity contribution is -0.157. The van der Waals surface area contributed by atoms with Gasteiger partial charge in [0.15, 0.2) is 0 Å². The van der Waals surface area contributed by atoms with Gasteiger partial charge < -0.3 is 25.0 Å². The fourth-order valence-corrected chi connectivity index (χ4v) is 3.88. The van der Waals surface area contributed by atoms with E-state index in [-0.39, 0.29) is 24.5 Å². The average Bonchev–Trinajstić information content (AvgIpc) is 2.72. The number of carboxylic acids is 2. The van der Waals surface area contributed by atoms with Gasteiger partial charge in [0.05, 0.1) is 18.6 Å². The molecule has 0 radical (unpaired) electrons. The Labute approximate surface area is 116 Å². The molecule has 7 heteroatoms. The zero-order valence-electron chi connectivity index (χ0n) is 11.1. The van der Waals surface area contributed by atoms with Gasteiger partial charge in [-0.1, -0.05) is 0 Å². The second-order valence-corrected chi connectivity index (χ2v) is 5.80. The van der Waals surface area contributed by atoms with E-state index >= 15 is 0 Å². The lowest BCUT2D eigenvalue weighted by atomic mass is 9.80. The number of fused-ring (bicyclic) bond motifs is 3. The fraction of sp³-hybridized carbons (Fsp3) is 0.846. The molecule has 3 heterocycles. The number of carbonyl (C=O) groups is 2. The standard InChI is InChI=1S/C13H19NO6/c15-9(16)5-13-7(6-14-11(13)12(17)18)10-8(20-13)3-1-2-4-19-10/h7-8,10-11,14H,1-6H2,(H,15,16)(H,17,18)/t7-,8-,10-,11-,13+/m1/s1. The van der Waals surface area contributed by atoms with Gasteiger partial charge in [0.1, 0.15) is 11.6 Å². The first kappa shape index (κ1) is 13.8. The molecule has 3 N–H and O–H groups in total. The third-order valence-corrected chi connectivity index (χ3v) is 4.66. The maximum absolute atomic E-state index is 11.4. The maximum Gasteiger partial charge on any atom is 0.323 e. The van der Waals surface area contributed by atoms with Gasteiger partial charge in [0.2, 0.25) is 0 Å². The van der Waals surface area contributed by atoms with Crippen molar-refractivity contribution in [2.24, 2.45) is 5.92 Å². The summed E-state index contributed by atoms with van der Waals surface area (Å²) in [6.45, 7) is 1.05. The van der Waals surface area contributed by atoms with Crippen LogP contribution < -0.4 is 5.32 Å². The predicted molar refractivity (Wildman–Crippen MR) is 66.4 cm³/mol. The molecular weight excluding hydrogens is 266 g/mol. The molecule has 0 amide bonds. The van der Waals surface area contributed by atoms with Gasteiger partial charge in [0.25, 0.3) is 0 Å². The van der Waals surface area contributed by atoms with Crippen molar-refractivity contribution in [3.05, 3.63) is 0 Å². The highest BCUT2D eigenvalue weighted by Gasteiger charge is 2.65. The first-order valence-electron chi connectivity index (χ1n) is 7.02. The third kappa shape index (κ3) is 2.01. The Morgan fingerprint density at radius 1 is 1.30 bits per heavy atom. The Morgan fingerprint density at radius 3 is 2.80 bits per heavy atom. The minimum atomic E-state index is -1.19. The number of rotatable bonds is 3. The molecule has 5 atom stereocenters. The van der Waals surface area contributed by atoms with Crippen molar-refractivity contribution in [1.29, 1.82) is 0 Å². The lowest BCUT2D eigenvalue weighted by Gasteiger charge is -2.31. The number of carboxylic acid groups (broad SMARTS) is 2. The van der Waals surface area contributed by atoms with E-state index in [0.29, 0.717) is 13.2 Å². The van der Waals surface area contributed by atoms with E-state index in [2.05, 4.69) is 5.32 Å². The van der Waals surface area contributed by atoms with Crippen molar-refractivity contribution in [1.82, 2.24) is 5.32 Å². The van der Waals surface area contributed by atoms with E-state index in [1.165, 1.54) is 0 Å². The highest BCUT2D eigenvalue weighted by molar-refractivity contribution is 5.79. The Morgan fingerprint density at radius 2 is 2.10 bits per heavy atom. The zero-order valence-corrected chi connectivity index (χ0v) is 11.1. The number of hydrogen-bond donors (Lipinski definition) is 3. The quantitative estimate of drug-likeness (QED) is 0.661. The second kappa shape index (κ2) is 4.98. The van der Waals surface area contributed by atoms with Gasteiger partial charge in [0, 0.05) is 19.1 Å². The molecule has 20 heavy (non-hydrogen) atoms. The molecule has 0 spiro atoms. The van der Waals surface area contributed by atoms with Crippen molar-refractivity contribution in [3.63, 3.8) is 0 Å². The van der Waals surface area contributed by atoms with Crippen molar-refractivity contribution in [3.8, 4) is 0 Å². The summed E-state index contributed by atoms with van der Waals surface area (Å²) >= 11 is 0. The third-order valence-electron chi connectivity index (χ3n) is 4.66. The van der Waals surface area contributed by atoms with Crippen molar-refractivity contribution >= 4 is 11.9 Å². The van der Waals surface area contributed by atoms with Crippen molar-refractivity contribution < 1.29 is 29.3 Å². The Balaban J connectivity index is 1.93. The minimum absolute atomic E-state index is 0.189. The number of nitrogens with one attached hydrogen (secondary N) is 1. The second-order valence-electron chi connectivity index (χ2n) is 5.80. The molecule has 0 bridgehead atoms. The molecule has 0 aromatic carbocycles. The largest absolute Gasteiger partial charge is 0.481 e. The summed E-state index contributed by atoms with van der Waals surface area (Å²) in [6, 6.07) is -0.987. The summed E-state index contributed by atoms with van der Waals surface area (Å²) in [5.41, 5.74) is -1.19. The van der Waals surface area contributed by atoms with Gasteiger partial charge in [-0.25, -0.2) is 0 Å². The van der Waals surface area contributed by atoms with Crippen LogP contribution in [0.5, 0.6) is 0 Å². The van der Waals surface area contributed by atoms with E-state index in [0.717, 1.165) is 19.3 Å². The number of hydrogen-bond acceptors (Lipinski definition) is 5. The van der Waals surface area contributed by atoms with Crippen LogP contribution in [-0.2, 0) is 19.1 Å². The summed E-state index contributed by atoms with van der Waals surface area (Å²) in [4.78, 5) is 22.6. The minimum Gasteiger partial charge on any atom is -0.481 e. The zero-order chi connectivity index (χ0) is 14.3. The van der Waals surface area contributed by atoms with Crippen LogP contribution in [0.2, 0.25) is 0 Å². The SMILES string of the molecule is O=C(O)C[C@]12O[C@@H]3CCCCO[C@@H]3[C@H]1CN[C@@H]2C(=O)O. The van der Waals surface area contributed by atoms with Crippen LogP contribution in [-0.4, -0.2) is 59.2 Å². The van der Waals surface area contributed by atoms with Crippen LogP contribution >= 0.6 is 0 Å². The molecule has 3 rings (SSSR count).